The van der Waals surface area contributed by atoms with Gasteiger partial charge in [0.15, 0.2) is 0 Å². The zero-order valence-electron chi connectivity index (χ0n) is 1.79. The normalized spacial score (nSPS) is 0. The first-order valence-corrected chi connectivity index (χ1v) is 0. The van der Waals surface area contributed by atoms with Crippen molar-refractivity contribution in [3.05, 3.63) is 0 Å². The maximum Gasteiger partial charge on any atom is 0 e. The average molecular weight is 173 g/mol. The van der Waals surface area contributed by atoms with Crippen LogP contribution in [-0.4, -0.2) is 40.9 Å². The maximum atomic E-state index is 0. The minimum atomic E-state index is 0. The molecule has 0 atom stereocenters. The molecule has 0 saturated carbocycles. The summed E-state index contributed by atoms with van der Waals surface area (Å²) in [7, 11) is 0. The number of rotatable bonds is 0. The van der Waals surface area contributed by atoms with E-state index in [0.717, 1.165) is 0 Å². The molecule has 4 heavy (non-hydrogen) atoms. The van der Waals surface area contributed by atoms with Crippen LogP contribution in [0.15, 0.2) is 0 Å². The monoisotopic (exact) mass is 172 g/mol. The topological polar surface area (TPSA) is 90.0 Å². The van der Waals surface area contributed by atoms with Gasteiger partial charge in [0.2, 0.25) is 0 Å². The van der Waals surface area contributed by atoms with E-state index >= 15 is 0 Å². The van der Waals surface area contributed by atoms with Gasteiger partial charge in [0, 0.05) is 24.4 Å². The van der Waals surface area contributed by atoms with Crippen LogP contribution in [0, 0.1) is 0 Å². The SMILES string of the molecule is [OH-].[OH-].[OH-].[Sb]. The van der Waals surface area contributed by atoms with Gasteiger partial charge in [-0.2, -0.15) is 0 Å². The van der Waals surface area contributed by atoms with Crippen LogP contribution < -0.4 is 0 Å². The van der Waals surface area contributed by atoms with Crippen molar-refractivity contribution >= 4 is 24.4 Å². The second-order valence-corrected chi connectivity index (χ2v) is 0. The fraction of sp³-hybridized carbons (Fsp3) is 0. The summed E-state index contributed by atoms with van der Waals surface area (Å²) in [6, 6.07) is 0. The molecule has 0 aliphatic carbocycles. The maximum absolute atomic E-state index is 0. The molecule has 0 saturated heterocycles. The molecule has 3 N–H and O–H groups in total. The van der Waals surface area contributed by atoms with Crippen molar-refractivity contribution in [2.24, 2.45) is 0 Å². The Kier molecular flexibility index (Phi) is 1820. The Morgan fingerprint density at radius 2 is 0.500 bits per heavy atom. The molecule has 0 spiro atoms. The van der Waals surface area contributed by atoms with Gasteiger partial charge < -0.3 is 16.4 Å². The van der Waals surface area contributed by atoms with Gasteiger partial charge in [-0.3, -0.25) is 0 Å². The van der Waals surface area contributed by atoms with E-state index in [4.69, 9.17) is 0 Å². The molecule has 4 heteroatoms. The van der Waals surface area contributed by atoms with Crippen LogP contribution in [0.1, 0.15) is 0 Å². The molecular weight excluding hydrogens is 170 g/mol. The molecule has 0 fully saturated rings. The summed E-state index contributed by atoms with van der Waals surface area (Å²) >= 11 is 0. The van der Waals surface area contributed by atoms with E-state index in [1.807, 2.05) is 0 Å². The molecule has 0 aromatic rings. The first kappa shape index (κ1) is 132. The molecule has 29 valence electrons. The molecule has 0 aromatic carbocycles. The molecule has 3 radical (unpaired) electrons. The standard InChI is InChI=1S/3H2O.Sb/h3*1H2;/p-3. The summed E-state index contributed by atoms with van der Waals surface area (Å²) < 4.78 is 0. The van der Waals surface area contributed by atoms with Crippen LogP contribution in [0.2, 0.25) is 0 Å². The summed E-state index contributed by atoms with van der Waals surface area (Å²) in [5.74, 6) is 0. The van der Waals surface area contributed by atoms with E-state index in [9.17, 15) is 0 Å². The van der Waals surface area contributed by atoms with E-state index in [0.29, 0.717) is 0 Å². The molecule has 0 aliphatic heterocycles. The minimum Gasteiger partial charge on any atom is -0.870 e. The molecule has 0 aliphatic rings. The van der Waals surface area contributed by atoms with Gasteiger partial charge in [-0.15, -0.1) is 0 Å². The van der Waals surface area contributed by atoms with E-state index in [1.165, 1.54) is 0 Å². The van der Waals surface area contributed by atoms with Crippen LogP contribution in [-0.2, 0) is 0 Å². The average Bonchev–Trinajstić information content (AvgIpc) is 0. The van der Waals surface area contributed by atoms with E-state index in [1.54, 1.807) is 0 Å². The van der Waals surface area contributed by atoms with Crippen molar-refractivity contribution in [2.75, 3.05) is 0 Å². The molecule has 0 amide bonds. The summed E-state index contributed by atoms with van der Waals surface area (Å²) in [4.78, 5) is 0. The van der Waals surface area contributed by atoms with Gasteiger partial charge in [0.1, 0.15) is 0 Å². The van der Waals surface area contributed by atoms with Crippen molar-refractivity contribution in [1.82, 2.24) is 0 Å². The second-order valence-electron chi connectivity index (χ2n) is 0. The molecule has 0 bridgehead atoms. The third-order valence-corrected chi connectivity index (χ3v) is 0. The zero-order valence-corrected chi connectivity index (χ0v) is 4.34. The summed E-state index contributed by atoms with van der Waals surface area (Å²) in [6.07, 6.45) is 0. The Morgan fingerprint density at radius 1 is 0.500 bits per heavy atom. The van der Waals surface area contributed by atoms with Crippen LogP contribution >= 0.6 is 0 Å². The first-order chi connectivity index (χ1) is 0. The number of hydrogen-bond acceptors (Lipinski definition) is 3. The Balaban J connectivity index is 0. The van der Waals surface area contributed by atoms with Crippen molar-refractivity contribution in [2.45, 2.75) is 0 Å². The smallest absolute Gasteiger partial charge is 0 e. The fourth-order valence-corrected chi connectivity index (χ4v) is 0. The van der Waals surface area contributed by atoms with Crippen molar-refractivity contribution < 1.29 is 16.4 Å². The Hall–Kier alpha value is 0.698. The summed E-state index contributed by atoms with van der Waals surface area (Å²) in [6.45, 7) is 0. The molecular formula is H3O3Sb-3. The van der Waals surface area contributed by atoms with Crippen molar-refractivity contribution in [1.29, 1.82) is 0 Å². The quantitative estimate of drug-likeness (QED) is 0.443. The predicted octanol–water partition coefficient (Wildman–Crippen LogP) is -0.911. The fourth-order valence-electron chi connectivity index (χ4n) is 0. The van der Waals surface area contributed by atoms with E-state index < -0.39 is 0 Å². The van der Waals surface area contributed by atoms with Gasteiger partial charge in [-0.05, 0) is 0 Å². The third kappa shape index (κ3) is 16.0. The van der Waals surface area contributed by atoms with Gasteiger partial charge >= 0.3 is 0 Å². The first-order valence-electron chi connectivity index (χ1n) is 0. The zero-order chi connectivity index (χ0) is 0. The van der Waals surface area contributed by atoms with E-state index in [2.05, 4.69) is 0 Å². The third-order valence-electron chi connectivity index (χ3n) is 0. The molecule has 3 nitrogen and oxygen atoms in total. The van der Waals surface area contributed by atoms with E-state index in [-0.39, 0.29) is 40.9 Å². The molecule has 0 unspecified atom stereocenters. The van der Waals surface area contributed by atoms with Crippen LogP contribution in [0.3, 0.4) is 0 Å². The minimum absolute atomic E-state index is 0. The van der Waals surface area contributed by atoms with Crippen LogP contribution in [0.4, 0.5) is 0 Å². The molecule has 0 aromatic heterocycles. The largest absolute Gasteiger partial charge is 0.870 e. The van der Waals surface area contributed by atoms with Gasteiger partial charge in [-0.1, -0.05) is 0 Å². The summed E-state index contributed by atoms with van der Waals surface area (Å²) in [5.41, 5.74) is 0. The number of hydrogen-bond donors (Lipinski definition) is 0. The predicted molar refractivity (Wildman–Crippen MR) is 11.6 cm³/mol. The molecule has 0 heterocycles. The Labute approximate surface area is 41.4 Å². The van der Waals surface area contributed by atoms with Gasteiger partial charge in [-0.25, -0.2) is 0 Å². The van der Waals surface area contributed by atoms with Crippen molar-refractivity contribution in [3.63, 3.8) is 0 Å². The van der Waals surface area contributed by atoms with Crippen LogP contribution in [0.25, 0.3) is 0 Å². The summed E-state index contributed by atoms with van der Waals surface area (Å²) in [5, 5.41) is 0. The molecule has 0 rings (SSSR count). The van der Waals surface area contributed by atoms with Crippen LogP contribution in [0.5, 0.6) is 0 Å². The van der Waals surface area contributed by atoms with Gasteiger partial charge in [0.25, 0.3) is 0 Å². The Morgan fingerprint density at radius 3 is 0.500 bits per heavy atom. The second kappa shape index (κ2) is 55.2. The van der Waals surface area contributed by atoms with Gasteiger partial charge in [0.05, 0.1) is 0 Å². The van der Waals surface area contributed by atoms with Crippen molar-refractivity contribution in [3.8, 4) is 0 Å². The Bertz CT molecular complexity index is 3.25.